The summed E-state index contributed by atoms with van der Waals surface area (Å²) in [6.45, 7) is 5.16. The predicted octanol–water partition coefficient (Wildman–Crippen LogP) is 2.90. The average molecular weight is 396 g/mol. The molecule has 1 aromatic heterocycles. The van der Waals surface area contributed by atoms with Crippen LogP contribution < -0.4 is 19.7 Å². The van der Waals surface area contributed by atoms with Crippen LogP contribution in [0.15, 0.2) is 36.5 Å². The first-order valence-electron chi connectivity index (χ1n) is 9.96. The number of methoxy groups -OCH3 is 1. The number of rotatable bonds is 10. The number of aromatic nitrogens is 1. The van der Waals surface area contributed by atoms with E-state index in [0.717, 1.165) is 44.2 Å². The van der Waals surface area contributed by atoms with Gasteiger partial charge in [0.05, 0.1) is 33.0 Å². The van der Waals surface area contributed by atoms with Gasteiger partial charge in [-0.15, -0.1) is 0 Å². The van der Waals surface area contributed by atoms with Gasteiger partial charge in [-0.25, -0.2) is 4.98 Å². The van der Waals surface area contributed by atoms with E-state index >= 15 is 0 Å². The number of morpholine rings is 1. The van der Waals surface area contributed by atoms with Gasteiger partial charge in [0, 0.05) is 44.4 Å². The Morgan fingerprint density at radius 2 is 2.07 bits per heavy atom. The topological polar surface area (TPSA) is 79.6 Å². The van der Waals surface area contributed by atoms with Gasteiger partial charge in [0.1, 0.15) is 5.82 Å². The molecule has 0 saturated carbocycles. The zero-order valence-corrected chi connectivity index (χ0v) is 16.9. The molecular formula is C22H28N4O3. The number of anilines is 1. The molecule has 7 nitrogen and oxygen atoms in total. The lowest BCUT2D eigenvalue weighted by Crippen LogP contribution is -2.37. The smallest absolute Gasteiger partial charge is 0.161 e. The Balaban J connectivity index is 1.58. The summed E-state index contributed by atoms with van der Waals surface area (Å²) >= 11 is 0. The van der Waals surface area contributed by atoms with Crippen LogP contribution in [0.1, 0.15) is 24.0 Å². The molecule has 1 saturated heterocycles. The predicted molar refractivity (Wildman–Crippen MR) is 111 cm³/mol. The van der Waals surface area contributed by atoms with Crippen molar-refractivity contribution in [1.29, 1.82) is 5.26 Å². The van der Waals surface area contributed by atoms with E-state index in [1.165, 1.54) is 5.56 Å². The van der Waals surface area contributed by atoms with Crippen molar-refractivity contribution in [3.05, 3.63) is 47.7 Å². The van der Waals surface area contributed by atoms with E-state index in [4.69, 9.17) is 19.5 Å². The highest BCUT2D eigenvalue weighted by Gasteiger charge is 2.15. The summed E-state index contributed by atoms with van der Waals surface area (Å²) in [7, 11) is 1.63. The van der Waals surface area contributed by atoms with Gasteiger partial charge in [0.2, 0.25) is 0 Å². The maximum absolute atomic E-state index is 8.65. The number of nitrogens with one attached hydrogen (secondary N) is 1. The summed E-state index contributed by atoms with van der Waals surface area (Å²) < 4.78 is 16.6. The Morgan fingerprint density at radius 1 is 1.21 bits per heavy atom. The Kier molecular flexibility index (Phi) is 8.11. The third-order valence-electron chi connectivity index (χ3n) is 4.74. The number of hydrogen-bond donors (Lipinski definition) is 1. The highest BCUT2D eigenvalue weighted by atomic mass is 16.5. The minimum Gasteiger partial charge on any atom is -0.493 e. The molecule has 29 heavy (non-hydrogen) atoms. The molecule has 3 rings (SSSR count). The first kappa shape index (κ1) is 20.9. The van der Waals surface area contributed by atoms with Crippen molar-refractivity contribution in [1.82, 2.24) is 10.3 Å². The molecule has 0 amide bonds. The van der Waals surface area contributed by atoms with Crippen LogP contribution in [0.2, 0.25) is 0 Å². The SMILES string of the molecule is COc1ccc(CNCc2cccnc2N2CCOCC2)cc1OCCCC#N. The highest BCUT2D eigenvalue weighted by molar-refractivity contribution is 5.47. The van der Waals surface area contributed by atoms with Crippen molar-refractivity contribution < 1.29 is 14.2 Å². The fourth-order valence-electron chi connectivity index (χ4n) is 3.25. The van der Waals surface area contributed by atoms with E-state index in [9.17, 15) is 0 Å². The maximum Gasteiger partial charge on any atom is 0.161 e. The van der Waals surface area contributed by atoms with Crippen molar-refractivity contribution in [3.8, 4) is 17.6 Å². The first-order valence-corrected chi connectivity index (χ1v) is 9.96. The van der Waals surface area contributed by atoms with Gasteiger partial charge in [0.25, 0.3) is 0 Å². The third-order valence-corrected chi connectivity index (χ3v) is 4.74. The standard InChI is InChI=1S/C22H28N4O3/c1-27-20-7-6-18(15-21(20)29-12-3-2-8-23)16-24-17-19-5-4-9-25-22(19)26-10-13-28-14-11-26/h4-7,9,15,24H,2-3,10-14,16-17H2,1H3. The average Bonchev–Trinajstić information content (AvgIpc) is 2.78. The van der Waals surface area contributed by atoms with Crippen molar-refractivity contribution in [3.63, 3.8) is 0 Å². The zero-order chi connectivity index (χ0) is 20.3. The third kappa shape index (κ3) is 6.08. The van der Waals surface area contributed by atoms with Crippen LogP contribution in [0.5, 0.6) is 11.5 Å². The summed E-state index contributed by atoms with van der Waals surface area (Å²) in [6.07, 6.45) is 3.03. The number of pyridine rings is 1. The molecule has 1 fully saturated rings. The number of nitrogens with zero attached hydrogens (tertiary/aromatic N) is 3. The van der Waals surface area contributed by atoms with E-state index in [-0.39, 0.29) is 0 Å². The van der Waals surface area contributed by atoms with Crippen molar-refractivity contribution in [2.75, 3.05) is 44.9 Å². The molecule has 2 heterocycles. The maximum atomic E-state index is 8.65. The number of hydrogen-bond acceptors (Lipinski definition) is 7. The Labute approximate surface area is 172 Å². The molecule has 1 aromatic carbocycles. The lowest BCUT2D eigenvalue weighted by Gasteiger charge is -2.29. The van der Waals surface area contributed by atoms with Crippen LogP contribution in [0, 0.1) is 11.3 Å². The number of ether oxygens (including phenoxy) is 3. The molecule has 1 N–H and O–H groups in total. The molecule has 0 bridgehead atoms. The number of nitriles is 1. The van der Waals surface area contributed by atoms with E-state index in [1.807, 2.05) is 30.5 Å². The van der Waals surface area contributed by atoms with E-state index in [0.29, 0.717) is 37.5 Å². The van der Waals surface area contributed by atoms with Gasteiger partial charge in [-0.2, -0.15) is 5.26 Å². The molecule has 7 heteroatoms. The second-order valence-corrected chi connectivity index (χ2v) is 6.78. The Bertz CT molecular complexity index is 816. The molecular weight excluding hydrogens is 368 g/mol. The second kappa shape index (κ2) is 11.2. The summed E-state index contributed by atoms with van der Waals surface area (Å²) in [5.74, 6) is 2.44. The van der Waals surface area contributed by atoms with Gasteiger partial charge in [0.15, 0.2) is 11.5 Å². The van der Waals surface area contributed by atoms with Gasteiger partial charge in [-0.3, -0.25) is 0 Å². The van der Waals surface area contributed by atoms with Gasteiger partial charge in [-0.05, 0) is 30.2 Å². The lowest BCUT2D eigenvalue weighted by atomic mass is 10.2. The normalized spacial score (nSPS) is 13.7. The molecule has 0 radical (unpaired) electrons. The van der Waals surface area contributed by atoms with Crippen LogP contribution in [0.4, 0.5) is 5.82 Å². The van der Waals surface area contributed by atoms with Crippen LogP contribution in [0.3, 0.4) is 0 Å². The minimum atomic E-state index is 0.486. The van der Waals surface area contributed by atoms with Crippen molar-refractivity contribution in [2.45, 2.75) is 25.9 Å². The fraction of sp³-hybridized carbons (Fsp3) is 0.455. The molecule has 2 aromatic rings. The lowest BCUT2D eigenvalue weighted by molar-refractivity contribution is 0.122. The van der Waals surface area contributed by atoms with Crippen LogP contribution in [0.25, 0.3) is 0 Å². The summed E-state index contributed by atoms with van der Waals surface area (Å²) in [5.41, 5.74) is 2.29. The van der Waals surface area contributed by atoms with Gasteiger partial charge >= 0.3 is 0 Å². The van der Waals surface area contributed by atoms with Crippen LogP contribution >= 0.6 is 0 Å². The number of unbranched alkanes of at least 4 members (excludes halogenated alkanes) is 1. The second-order valence-electron chi connectivity index (χ2n) is 6.78. The molecule has 0 atom stereocenters. The monoisotopic (exact) mass is 396 g/mol. The van der Waals surface area contributed by atoms with Crippen molar-refractivity contribution in [2.24, 2.45) is 0 Å². The van der Waals surface area contributed by atoms with Gasteiger partial charge < -0.3 is 24.4 Å². The summed E-state index contributed by atoms with van der Waals surface area (Å²) in [6, 6.07) is 12.2. The molecule has 0 aliphatic carbocycles. The number of benzene rings is 1. The Morgan fingerprint density at radius 3 is 2.86 bits per heavy atom. The fourth-order valence-corrected chi connectivity index (χ4v) is 3.25. The molecule has 1 aliphatic rings. The molecule has 1 aliphatic heterocycles. The van der Waals surface area contributed by atoms with E-state index < -0.39 is 0 Å². The van der Waals surface area contributed by atoms with Gasteiger partial charge in [-0.1, -0.05) is 12.1 Å². The quantitative estimate of drug-likeness (QED) is 0.619. The molecule has 154 valence electrons. The molecule has 0 spiro atoms. The minimum absolute atomic E-state index is 0.486. The Hall–Kier alpha value is -2.82. The van der Waals surface area contributed by atoms with E-state index in [2.05, 4.69) is 27.3 Å². The van der Waals surface area contributed by atoms with Crippen molar-refractivity contribution >= 4 is 5.82 Å². The van der Waals surface area contributed by atoms with Crippen LogP contribution in [-0.2, 0) is 17.8 Å². The summed E-state index contributed by atoms with van der Waals surface area (Å²) in [5, 5.41) is 12.2. The van der Waals surface area contributed by atoms with E-state index in [1.54, 1.807) is 7.11 Å². The zero-order valence-electron chi connectivity index (χ0n) is 16.9. The molecule has 0 unspecified atom stereocenters. The first-order chi connectivity index (χ1) is 14.3. The highest BCUT2D eigenvalue weighted by Crippen LogP contribution is 2.28. The largest absolute Gasteiger partial charge is 0.493 e. The summed E-state index contributed by atoms with van der Waals surface area (Å²) in [4.78, 5) is 6.86. The van der Waals surface area contributed by atoms with Crippen LogP contribution in [-0.4, -0.2) is 45.0 Å².